The second-order valence-corrected chi connectivity index (χ2v) is 8.31. The second kappa shape index (κ2) is 8.13. The van der Waals surface area contributed by atoms with Crippen molar-refractivity contribution in [2.45, 2.75) is 50.7 Å². The van der Waals surface area contributed by atoms with Gasteiger partial charge in [0.25, 0.3) is 5.91 Å². The van der Waals surface area contributed by atoms with E-state index in [-0.39, 0.29) is 5.91 Å². The van der Waals surface area contributed by atoms with E-state index in [1.54, 1.807) is 7.11 Å². The number of carbonyl (C=O) groups excluding carboxylic acids is 1. The highest BCUT2D eigenvalue weighted by atomic mass is 16.5. The van der Waals surface area contributed by atoms with Gasteiger partial charge in [0.05, 0.1) is 43.3 Å². The zero-order chi connectivity index (χ0) is 19.6. The van der Waals surface area contributed by atoms with Crippen molar-refractivity contribution in [1.29, 1.82) is 0 Å². The van der Waals surface area contributed by atoms with E-state index in [1.807, 2.05) is 29.0 Å². The summed E-state index contributed by atoms with van der Waals surface area (Å²) < 4.78 is 12.6. The number of rotatable bonds is 6. The van der Waals surface area contributed by atoms with E-state index >= 15 is 0 Å². The fourth-order valence-electron chi connectivity index (χ4n) is 4.44. The highest BCUT2D eigenvalue weighted by Gasteiger charge is 2.37. The molecule has 1 aromatic heterocycles. The molecule has 1 saturated carbocycles. The summed E-state index contributed by atoms with van der Waals surface area (Å²) in [6.45, 7) is 1.75. The molecule has 1 aliphatic carbocycles. The van der Waals surface area contributed by atoms with Crippen molar-refractivity contribution in [1.82, 2.24) is 9.88 Å². The molecule has 6 heteroatoms. The van der Waals surface area contributed by atoms with Crippen LogP contribution in [0, 0.1) is 5.92 Å². The molecule has 2 fully saturated rings. The van der Waals surface area contributed by atoms with E-state index < -0.39 is 5.60 Å². The summed E-state index contributed by atoms with van der Waals surface area (Å²) >= 11 is 0. The molecule has 28 heavy (non-hydrogen) atoms. The molecule has 2 heterocycles. The second-order valence-electron chi connectivity index (χ2n) is 8.31. The van der Waals surface area contributed by atoms with Gasteiger partial charge in [0.15, 0.2) is 0 Å². The number of ether oxygens (including phenoxy) is 2. The maximum Gasteiger partial charge on any atom is 0.253 e. The number of carbonyl (C=O) groups is 1. The third-order valence-corrected chi connectivity index (χ3v) is 6.06. The highest BCUT2D eigenvalue weighted by molar-refractivity contribution is 6.09. The van der Waals surface area contributed by atoms with Crippen LogP contribution in [0.15, 0.2) is 24.4 Å². The van der Waals surface area contributed by atoms with E-state index in [0.717, 1.165) is 17.4 Å². The molecule has 0 radical (unpaired) electrons. The van der Waals surface area contributed by atoms with Crippen molar-refractivity contribution in [3.63, 3.8) is 0 Å². The first-order chi connectivity index (χ1) is 13.6. The van der Waals surface area contributed by atoms with E-state index in [9.17, 15) is 9.90 Å². The predicted octanol–water partition coefficient (Wildman–Crippen LogP) is 3.11. The molecule has 1 amide bonds. The van der Waals surface area contributed by atoms with Gasteiger partial charge in [-0.25, -0.2) is 0 Å². The molecule has 152 valence electrons. The fraction of sp³-hybridized carbons (Fsp3) is 0.591. The summed E-state index contributed by atoms with van der Waals surface area (Å²) in [7, 11) is 1.62. The van der Waals surface area contributed by atoms with Gasteiger partial charge in [0, 0.05) is 12.7 Å². The van der Waals surface area contributed by atoms with Gasteiger partial charge >= 0.3 is 0 Å². The summed E-state index contributed by atoms with van der Waals surface area (Å²) in [6.07, 6.45) is 9.36. The first kappa shape index (κ1) is 19.3. The number of hydrogen-bond donors (Lipinski definition) is 2. The third-order valence-electron chi connectivity index (χ3n) is 6.06. The van der Waals surface area contributed by atoms with Gasteiger partial charge in [-0.3, -0.25) is 4.79 Å². The Morgan fingerprint density at radius 2 is 2.04 bits per heavy atom. The number of amides is 1. The Balaban J connectivity index is 1.58. The lowest BCUT2D eigenvalue weighted by Gasteiger charge is -2.36. The van der Waals surface area contributed by atoms with Crippen LogP contribution in [0.25, 0.3) is 10.9 Å². The Kier molecular flexibility index (Phi) is 5.60. The molecule has 0 unspecified atom stereocenters. The molecule has 1 saturated heterocycles. The smallest absolute Gasteiger partial charge is 0.253 e. The minimum Gasteiger partial charge on any atom is -0.496 e. The van der Waals surface area contributed by atoms with Crippen molar-refractivity contribution < 1.29 is 19.4 Å². The van der Waals surface area contributed by atoms with Crippen LogP contribution in [-0.2, 0) is 11.3 Å². The summed E-state index contributed by atoms with van der Waals surface area (Å²) in [5.74, 6) is 1.16. The Labute approximate surface area is 165 Å². The predicted molar refractivity (Wildman–Crippen MR) is 108 cm³/mol. The molecule has 1 aliphatic heterocycles. The SMILES string of the molecule is COc1cccc2c1c(C(=O)NCC1CCCCCC1)cn2CC1(O)COC1. The minimum absolute atomic E-state index is 0.0747. The van der Waals surface area contributed by atoms with Crippen LogP contribution in [-0.4, -0.2) is 48.1 Å². The lowest BCUT2D eigenvalue weighted by molar-refractivity contribution is -0.184. The van der Waals surface area contributed by atoms with Crippen LogP contribution in [0.1, 0.15) is 48.9 Å². The monoisotopic (exact) mass is 386 g/mol. The van der Waals surface area contributed by atoms with Crippen LogP contribution < -0.4 is 10.1 Å². The Morgan fingerprint density at radius 1 is 1.29 bits per heavy atom. The molecule has 2 aromatic rings. The highest BCUT2D eigenvalue weighted by Crippen LogP contribution is 2.32. The van der Waals surface area contributed by atoms with Crippen LogP contribution >= 0.6 is 0 Å². The maximum absolute atomic E-state index is 13.1. The lowest BCUT2D eigenvalue weighted by atomic mass is 10.0. The number of benzene rings is 1. The zero-order valence-electron chi connectivity index (χ0n) is 16.6. The van der Waals surface area contributed by atoms with E-state index in [1.165, 1.54) is 38.5 Å². The van der Waals surface area contributed by atoms with E-state index in [0.29, 0.717) is 37.0 Å². The molecule has 2 N–H and O–H groups in total. The van der Waals surface area contributed by atoms with Crippen LogP contribution in [0.3, 0.4) is 0 Å². The van der Waals surface area contributed by atoms with Crippen molar-refractivity contribution in [2.24, 2.45) is 5.92 Å². The number of nitrogens with one attached hydrogen (secondary N) is 1. The largest absolute Gasteiger partial charge is 0.496 e. The Hall–Kier alpha value is -2.05. The van der Waals surface area contributed by atoms with E-state index in [2.05, 4.69) is 5.32 Å². The van der Waals surface area contributed by atoms with Gasteiger partial charge < -0.3 is 24.5 Å². The first-order valence-electron chi connectivity index (χ1n) is 10.3. The summed E-state index contributed by atoms with van der Waals surface area (Å²) in [5.41, 5.74) is 0.618. The van der Waals surface area contributed by atoms with Gasteiger partial charge in [0.2, 0.25) is 0 Å². The average Bonchev–Trinajstić information content (AvgIpc) is 2.86. The van der Waals surface area contributed by atoms with E-state index in [4.69, 9.17) is 9.47 Å². The van der Waals surface area contributed by atoms with Crippen LogP contribution in [0.2, 0.25) is 0 Å². The third kappa shape index (κ3) is 3.89. The molecule has 4 rings (SSSR count). The quantitative estimate of drug-likeness (QED) is 0.749. The molecule has 0 atom stereocenters. The molecule has 0 spiro atoms. The topological polar surface area (TPSA) is 72.7 Å². The summed E-state index contributed by atoms with van der Waals surface area (Å²) in [6, 6.07) is 5.74. The summed E-state index contributed by atoms with van der Waals surface area (Å²) in [4.78, 5) is 13.1. The maximum atomic E-state index is 13.1. The molecule has 6 nitrogen and oxygen atoms in total. The lowest BCUT2D eigenvalue weighted by Crippen LogP contribution is -2.52. The number of hydrogen-bond acceptors (Lipinski definition) is 4. The van der Waals surface area contributed by atoms with Crippen molar-refractivity contribution in [3.8, 4) is 5.75 Å². The molecule has 1 aromatic carbocycles. The fourth-order valence-corrected chi connectivity index (χ4v) is 4.44. The zero-order valence-corrected chi connectivity index (χ0v) is 16.6. The van der Waals surface area contributed by atoms with Crippen LogP contribution in [0.4, 0.5) is 0 Å². The summed E-state index contributed by atoms with van der Waals surface area (Å²) in [5, 5.41) is 14.5. The standard InChI is InChI=1S/C22H30N2O4/c1-27-19-10-6-9-18-20(19)17(12-24(18)13-22(26)14-28-15-22)21(25)23-11-16-7-4-2-3-5-8-16/h6,9-10,12,16,26H,2-5,7-8,11,13-15H2,1H3,(H,23,25). The van der Waals surface area contributed by atoms with Gasteiger partial charge in [-0.1, -0.05) is 31.7 Å². The van der Waals surface area contributed by atoms with Gasteiger partial charge in [-0.2, -0.15) is 0 Å². The number of fused-ring (bicyclic) bond motifs is 1. The molecular weight excluding hydrogens is 356 g/mol. The van der Waals surface area contributed by atoms with Gasteiger partial charge in [-0.15, -0.1) is 0 Å². The number of aromatic nitrogens is 1. The molecule has 0 bridgehead atoms. The number of aliphatic hydroxyl groups is 1. The van der Waals surface area contributed by atoms with Crippen LogP contribution in [0.5, 0.6) is 5.75 Å². The van der Waals surface area contributed by atoms with Crippen molar-refractivity contribution >= 4 is 16.8 Å². The number of methoxy groups -OCH3 is 1. The van der Waals surface area contributed by atoms with Gasteiger partial charge in [-0.05, 0) is 30.9 Å². The van der Waals surface area contributed by atoms with Gasteiger partial charge in [0.1, 0.15) is 11.4 Å². The Bertz CT molecular complexity index is 832. The minimum atomic E-state index is -0.872. The number of nitrogens with zero attached hydrogens (tertiary/aromatic N) is 1. The average molecular weight is 386 g/mol. The molecular formula is C22H30N2O4. The normalized spacial score (nSPS) is 19.8. The Morgan fingerprint density at radius 3 is 2.68 bits per heavy atom. The van der Waals surface area contributed by atoms with Crippen molar-refractivity contribution in [2.75, 3.05) is 26.9 Å². The molecule has 2 aliphatic rings. The van der Waals surface area contributed by atoms with Crippen molar-refractivity contribution in [3.05, 3.63) is 30.0 Å². The first-order valence-corrected chi connectivity index (χ1v) is 10.3.